The van der Waals surface area contributed by atoms with Crippen molar-refractivity contribution in [2.75, 3.05) is 19.6 Å². The monoisotopic (exact) mass is 263 g/mol. The average Bonchev–Trinajstić information content (AvgIpc) is 2.23. The summed E-state index contributed by atoms with van der Waals surface area (Å²) in [6.07, 6.45) is 0.451. The van der Waals surface area contributed by atoms with Gasteiger partial charge in [0.25, 0.3) is 0 Å². The van der Waals surface area contributed by atoms with E-state index in [-0.39, 0.29) is 12.5 Å². The van der Waals surface area contributed by atoms with E-state index in [2.05, 4.69) is 5.32 Å². The van der Waals surface area contributed by atoms with E-state index >= 15 is 0 Å². The number of amides is 1. The van der Waals surface area contributed by atoms with Gasteiger partial charge in [-0.05, 0) is 20.3 Å². The third-order valence-corrected chi connectivity index (χ3v) is 5.85. The van der Waals surface area contributed by atoms with Gasteiger partial charge in [0.1, 0.15) is 5.54 Å². The molecule has 0 radical (unpaired) electrons. The van der Waals surface area contributed by atoms with Crippen LogP contribution in [-0.2, 0) is 14.8 Å². The summed E-state index contributed by atoms with van der Waals surface area (Å²) in [7, 11) is -3.52. The van der Waals surface area contributed by atoms with E-state index < -0.39 is 20.8 Å². The van der Waals surface area contributed by atoms with Gasteiger partial charge >= 0.3 is 0 Å². The van der Waals surface area contributed by atoms with Crippen molar-refractivity contribution in [1.82, 2.24) is 9.62 Å². The van der Waals surface area contributed by atoms with Crippen LogP contribution in [0.2, 0.25) is 0 Å². The summed E-state index contributed by atoms with van der Waals surface area (Å²) >= 11 is 0. The summed E-state index contributed by atoms with van der Waals surface area (Å²) in [5.41, 5.74) is 4.45. The maximum Gasteiger partial charge on any atom is 0.241 e. The standard InChI is InChI=1S/C10H21N3O3S/c1-4-8(7-11)17(15,16)13-6-5-12-9(14)10(13,2)3/h8H,4-7,11H2,1-3H3,(H,12,14). The van der Waals surface area contributed by atoms with Crippen molar-refractivity contribution in [1.29, 1.82) is 0 Å². The molecule has 100 valence electrons. The van der Waals surface area contributed by atoms with Gasteiger partial charge in [-0.25, -0.2) is 8.42 Å². The predicted octanol–water partition coefficient (Wildman–Crippen LogP) is -0.736. The molecule has 1 aliphatic heterocycles. The number of nitrogens with two attached hydrogens (primary N) is 1. The van der Waals surface area contributed by atoms with Crippen molar-refractivity contribution in [2.45, 2.75) is 38.0 Å². The molecule has 1 saturated heterocycles. The number of hydrogen-bond acceptors (Lipinski definition) is 4. The Balaban J connectivity index is 3.10. The highest BCUT2D eigenvalue weighted by Crippen LogP contribution is 2.24. The first kappa shape index (κ1) is 14.4. The van der Waals surface area contributed by atoms with E-state index in [1.165, 1.54) is 4.31 Å². The van der Waals surface area contributed by atoms with Crippen LogP contribution in [0, 0.1) is 0 Å². The minimum atomic E-state index is -3.52. The molecule has 1 heterocycles. The minimum absolute atomic E-state index is 0.0764. The van der Waals surface area contributed by atoms with E-state index in [9.17, 15) is 13.2 Å². The number of nitrogens with zero attached hydrogens (tertiary/aromatic N) is 1. The van der Waals surface area contributed by atoms with E-state index in [0.29, 0.717) is 19.5 Å². The molecule has 0 saturated carbocycles. The smallest absolute Gasteiger partial charge is 0.241 e. The molecule has 0 bridgehead atoms. The summed E-state index contributed by atoms with van der Waals surface area (Å²) < 4.78 is 26.0. The molecule has 0 aromatic carbocycles. The highest BCUT2D eigenvalue weighted by Gasteiger charge is 2.46. The van der Waals surface area contributed by atoms with Crippen molar-refractivity contribution in [3.05, 3.63) is 0 Å². The van der Waals surface area contributed by atoms with Crippen molar-refractivity contribution in [3.8, 4) is 0 Å². The molecule has 6 nitrogen and oxygen atoms in total. The van der Waals surface area contributed by atoms with Crippen molar-refractivity contribution < 1.29 is 13.2 Å². The molecule has 0 spiro atoms. The molecule has 0 aromatic heterocycles. The Hall–Kier alpha value is -0.660. The van der Waals surface area contributed by atoms with Gasteiger partial charge in [0.2, 0.25) is 15.9 Å². The zero-order valence-electron chi connectivity index (χ0n) is 10.6. The van der Waals surface area contributed by atoms with Crippen molar-refractivity contribution in [2.24, 2.45) is 5.73 Å². The second kappa shape index (κ2) is 4.91. The minimum Gasteiger partial charge on any atom is -0.353 e. The summed E-state index contributed by atoms with van der Waals surface area (Å²) in [6, 6.07) is 0. The van der Waals surface area contributed by atoms with Crippen LogP contribution in [0.5, 0.6) is 0 Å². The van der Waals surface area contributed by atoms with Crippen LogP contribution in [0.4, 0.5) is 0 Å². The van der Waals surface area contributed by atoms with Crippen LogP contribution < -0.4 is 11.1 Å². The lowest BCUT2D eigenvalue weighted by Crippen LogP contribution is -2.64. The lowest BCUT2D eigenvalue weighted by molar-refractivity contribution is -0.131. The molecule has 0 aromatic rings. The zero-order valence-corrected chi connectivity index (χ0v) is 11.4. The normalized spacial score (nSPS) is 23.2. The number of hydrogen-bond donors (Lipinski definition) is 2. The van der Waals surface area contributed by atoms with E-state index in [0.717, 1.165) is 0 Å². The van der Waals surface area contributed by atoms with Gasteiger partial charge in [-0.15, -0.1) is 0 Å². The first-order valence-corrected chi connectivity index (χ1v) is 7.28. The summed E-state index contributed by atoms with van der Waals surface area (Å²) in [5, 5.41) is 2.06. The van der Waals surface area contributed by atoms with Crippen LogP contribution in [-0.4, -0.2) is 49.1 Å². The van der Waals surface area contributed by atoms with Crippen LogP contribution in [0.15, 0.2) is 0 Å². The Morgan fingerprint density at radius 1 is 1.53 bits per heavy atom. The van der Waals surface area contributed by atoms with Gasteiger partial charge < -0.3 is 11.1 Å². The Labute approximate surface area is 103 Å². The Morgan fingerprint density at radius 3 is 2.59 bits per heavy atom. The summed E-state index contributed by atoms with van der Waals surface area (Å²) in [4.78, 5) is 11.7. The third kappa shape index (κ3) is 2.46. The fourth-order valence-corrected chi connectivity index (χ4v) is 4.09. The summed E-state index contributed by atoms with van der Waals surface area (Å²) in [6.45, 7) is 5.74. The van der Waals surface area contributed by atoms with Crippen LogP contribution in [0.25, 0.3) is 0 Å². The fraction of sp³-hybridized carbons (Fsp3) is 0.900. The second-order valence-electron chi connectivity index (χ2n) is 4.70. The molecule has 1 aliphatic rings. The quantitative estimate of drug-likeness (QED) is 0.699. The molecule has 0 aliphatic carbocycles. The molecular weight excluding hydrogens is 242 g/mol. The zero-order chi connectivity index (χ0) is 13.3. The first-order valence-electron chi connectivity index (χ1n) is 5.78. The van der Waals surface area contributed by atoms with Gasteiger partial charge in [0.05, 0.1) is 5.25 Å². The lowest BCUT2D eigenvalue weighted by atomic mass is 10.0. The van der Waals surface area contributed by atoms with Crippen molar-refractivity contribution >= 4 is 15.9 Å². The predicted molar refractivity (Wildman–Crippen MR) is 65.8 cm³/mol. The van der Waals surface area contributed by atoms with Gasteiger partial charge in [0, 0.05) is 19.6 Å². The molecule has 7 heteroatoms. The molecule has 3 N–H and O–H groups in total. The Bertz CT molecular complexity index is 388. The van der Waals surface area contributed by atoms with Crippen molar-refractivity contribution in [3.63, 3.8) is 0 Å². The molecule has 1 fully saturated rings. The van der Waals surface area contributed by atoms with Crippen LogP contribution >= 0.6 is 0 Å². The number of nitrogens with one attached hydrogen (secondary N) is 1. The molecule has 17 heavy (non-hydrogen) atoms. The molecular formula is C10H21N3O3S. The van der Waals surface area contributed by atoms with Gasteiger partial charge in [-0.3, -0.25) is 4.79 Å². The van der Waals surface area contributed by atoms with Gasteiger partial charge in [-0.1, -0.05) is 6.92 Å². The van der Waals surface area contributed by atoms with Gasteiger partial charge in [-0.2, -0.15) is 4.31 Å². The number of sulfonamides is 1. The molecule has 1 atom stereocenters. The second-order valence-corrected chi connectivity index (χ2v) is 6.84. The summed E-state index contributed by atoms with van der Waals surface area (Å²) in [5.74, 6) is -0.265. The largest absolute Gasteiger partial charge is 0.353 e. The Kier molecular flexibility index (Phi) is 4.16. The third-order valence-electron chi connectivity index (χ3n) is 3.23. The maximum absolute atomic E-state index is 12.4. The first-order chi connectivity index (χ1) is 7.78. The van der Waals surface area contributed by atoms with Gasteiger partial charge in [0.15, 0.2) is 0 Å². The van der Waals surface area contributed by atoms with Crippen LogP contribution in [0.3, 0.4) is 0 Å². The Morgan fingerprint density at radius 2 is 2.12 bits per heavy atom. The maximum atomic E-state index is 12.4. The fourth-order valence-electron chi connectivity index (χ4n) is 2.00. The highest BCUT2D eigenvalue weighted by atomic mass is 32.2. The van der Waals surface area contributed by atoms with E-state index in [1.807, 2.05) is 0 Å². The molecule has 1 amide bonds. The molecule has 1 rings (SSSR count). The topological polar surface area (TPSA) is 92.5 Å². The number of rotatable bonds is 4. The number of carbonyl (C=O) groups is 1. The highest BCUT2D eigenvalue weighted by molar-refractivity contribution is 7.89. The lowest BCUT2D eigenvalue weighted by Gasteiger charge is -2.41. The number of piperazine rings is 1. The number of carbonyl (C=O) groups excluding carboxylic acids is 1. The SMILES string of the molecule is CCC(CN)S(=O)(=O)N1CCNC(=O)C1(C)C. The molecule has 1 unspecified atom stereocenters. The van der Waals surface area contributed by atoms with Crippen LogP contribution in [0.1, 0.15) is 27.2 Å². The average molecular weight is 263 g/mol. The van der Waals surface area contributed by atoms with E-state index in [4.69, 9.17) is 5.73 Å². The van der Waals surface area contributed by atoms with E-state index in [1.54, 1.807) is 20.8 Å².